The van der Waals surface area contributed by atoms with Crippen molar-refractivity contribution in [3.05, 3.63) is 16.3 Å². The lowest BCUT2D eigenvalue weighted by atomic mass is 10.1. The molecule has 114 valence electrons. The highest BCUT2D eigenvalue weighted by molar-refractivity contribution is 7.99. The van der Waals surface area contributed by atoms with Crippen LogP contribution in [0.15, 0.2) is 11.2 Å². The number of aromatic nitrogens is 2. The molecular weight excluding hydrogens is 296 g/mol. The molecule has 1 aromatic heterocycles. The van der Waals surface area contributed by atoms with Crippen LogP contribution in [0.1, 0.15) is 19.3 Å². The first-order valence-corrected chi connectivity index (χ1v) is 7.37. The Morgan fingerprint density at radius 2 is 2.33 bits per heavy atom. The van der Waals surface area contributed by atoms with Crippen molar-refractivity contribution >= 4 is 29.4 Å². The van der Waals surface area contributed by atoms with Crippen LogP contribution in [0.25, 0.3) is 0 Å². The number of thioether (sulfide) groups is 1. The smallest absolute Gasteiger partial charge is 0.319 e. The summed E-state index contributed by atoms with van der Waals surface area (Å²) in [7, 11) is 3.01. The van der Waals surface area contributed by atoms with E-state index >= 15 is 0 Å². The number of nitro groups is 1. The molecule has 0 radical (unpaired) electrons. The van der Waals surface area contributed by atoms with E-state index in [1.165, 1.54) is 25.1 Å². The monoisotopic (exact) mass is 312 g/mol. The second-order valence-corrected chi connectivity index (χ2v) is 5.90. The first-order valence-electron chi connectivity index (χ1n) is 6.38. The Hall–Kier alpha value is -1.90. The van der Waals surface area contributed by atoms with Gasteiger partial charge in [0.15, 0.2) is 5.03 Å². The van der Waals surface area contributed by atoms with E-state index in [0.29, 0.717) is 23.1 Å². The topological polar surface area (TPSA) is 107 Å². The average Bonchev–Trinajstić information content (AvgIpc) is 3.24. The second kappa shape index (κ2) is 6.25. The van der Waals surface area contributed by atoms with E-state index in [1.807, 2.05) is 0 Å². The molecule has 1 aliphatic rings. The predicted octanol–water partition coefficient (Wildman–Crippen LogP) is 1.86. The predicted molar refractivity (Wildman–Crippen MR) is 77.3 cm³/mol. The maximum Gasteiger partial charge on any atom is 0.319 e. The van der Waals surface area contributed by atoms with Crippen LogP contribution in [0.4, 0.5) is 11.6 Å². The Bertz CT molecular complexity index is 562. The zero-order chi connectivity index (χ0) is 15.5. The Morgan fingerprint density at radius 3 is 2.86 bits per heavy atom. The largest absolute Gasteiger partial charge is 0.469 e. The van der Waals surface area contributed by atoms with E-state index < -0.39 is 4.92 Å². The summed E-state index contributed by atoms with van der Waals surface area (Å²) in [6.45, 7) is 0. The third-order valence-corrected chi connectivity index (χ3v) is 4.71. The molecule has 1 aliphatic carbocycles. The molecule has 1 aromatic rings. The molecule has 0 saturated heterocycles. The Morgan fingerprint density at radius 1 is 1.62 bits per heavy atom. The molecular formula is C12H16N4O4S. The van der Waals surface area contributed by atoms with Crippen LogP contribution in [0.5, 0.6) is 0 Å². The molecule has 0 unspecified atom stereocenters. The van der Waals surface area contributed by atoms with Crippen molar-refractivity contribution in [2.24, 2.45) is 5.41 Å². The minimum absolute atomic E-state index is 0.115. The molecule has 1 saturated carbocycles. The van der Waals surface area contributed by atoms with Gasteiger partial charge in [-0.25, -0.2) is 4.98 Å². The number of anilines is 1. The number of nitrogens with zero attached hydrogens (tertiary/aromatic N) is 3. The van der Waals surface area contributed by atoms with Gasteiger partial charge >= 0.3 is 11.7 Å². The number of hydrogen-bond acceptors (Lipinski definition) is 8. The quantitative estimate of drug-likeness (QED) is 0.267. The van der Waals surface area contributed by atoms with Gasteiger partial charge < -0.3 is 10.1 Å². The van der Waals surface area contributed by atoms with Gasteiger partial charge in [0, 0.05) is 12.8 Å². The van der Waals surface area contributed by atoms with Gasteiger partial charge in [-0.15, -0.1) is 0 Å². The van der Waals surface area contributed by atoms with E-state index in [4.69, 9.17) is 0 Å². The van der Waals surface area contributed by atoms with Crippen LogP contribution >= 0.6 is 11.8 Å². The Labute approximate surface area is 125 Å². The molecule has 2 rings (SSSR count). The fraction of sp³-hybridized carbons (Fsp3) is 0.583. The van der Waals surface area contributed by atoms with E-state index in [0.717, 1.165) is 12.8 Å². The zero-order valence-corrected chi connectivity index (χ0v) is 12.6. The summed E-state index contributed by atoms with van der Waals surface area (Å²) in [5, 5.41) is 14.1. The fourth-order valence-electron chi connectivity index (χ4n) is 1.86. The number of carbonyl (C=O) groups is 1. The second-order valence-electron chi connectivity index (χ2n) is 4.93. The maximum absolute atomic E-state index is 11.4. The SMILES string of the molecule is CNc1ncc([N+](=O)[O-])c(SCC2(CC(=O)OC)CC2)n1. The van der Waals surface area contributed by atoms with Crippen LogP contribution in [-0.4, -0.2) is 40.8 Å². The lowest BCUT2D eigenvalue weighted by Crippen LogP contribution is -2.13. The number of methoxy groups -OCH3 is 1. The third-order valence-electron chi connectivity index (χ3n) is 3.38. The Balaban J connectivity index is 2.08. The number of carbonyl (C=O) groups excluding carboxylic acids is 1. The molecule has 1 N–H and O–H groups in total. The van der Waals surface area contributed by atoms with E-state index in [9.17, 15) is 14.9 Å². The van der Waals surface area contributed by atoms with Gasteiger partial charge in [-0.05, 0) is 18.3 Å². The molecule has 9 heteroatoms. The standard InChI is InChI=1S/C12H16N4O4S/c1-13-11-14-6-8(16(18)19)10(15-11)21-7-12(3-4-12)5-9(17)20-2/h6H,3-5,7H2,1-2H3,(H,13,14,15). The summed E-state index contributed by atoms with van der Waals surface area (Å²) in [6.07, 6.45) is 3.38. The molecule has 1 heterocycles. The number of hydrogen-bond donors (Lipinski definition) is 1. The van der Waals surface area contributed by atoms with Gasteiger partial charge in [0.2, 0.25) is 5.95 Å². The molecule has 0 aromatic carbocycles. The lowest BCUT2D eigenvalue weighted by Gasteiger charge is -2.12. The van der Waals surface area contributed by atoms with Crippen molar-refractivity contribution in [3.63, 3.8) is 0 Å². The summed E-state index contributed by atoms with van der Waals surface area (Å²) >= 11 is 1.29. The van der Waals surface area contributed by atoms with Crippen molar-refractivity contribution in [1.29, 1.82) is 0 Å². The van der Waals surface area contributed by atoms with Gasteiger partial charge in [0.1, 0.15) is 6.20 Å². The summed E-state index contributed by atoms with van der Waals surface area (Å²) in [5.74, 6) is 0.686. The van der Waals surface area contributed by atoms with Crippen LogP contribution in [0.2, 0.25) is 0 Å². The van der Waals surface area contributed by atoms with Gasteiger partial charge in [0.25, 0.3) is 0 Å². The molecule has 8 nitrogen and oxygen atoms in total. The summed E-state index contributed by atoms with van der Waals surface area (Å²) in [4.78, 5) is 29.9. The molecule has 0 bridgehead atoms. The van der Waals surface area contributed by atoms with Crippen molar-refractivity contribution < 1.29 is 14.5 Å². The van der Waals surface area contributed by atoms with Gasteiger partial charge in [-0.1, -0.05) is 11.8 Å². The van der Waals surface area contributed by atoms with Crippen LogP contribution in [0.3, 0.4) is 0 Å². The van der Waals surface area contributed by atoms with Gasteiger partial charge in [-0.3, -0.25) is 14.9 Å². The number of rotatable bonds is 7. The number of nitrogens with one attached hydrogen (secondary N) is 1. The molecule has 0 spiro atoms. The van der Waals surface area contributed by atoms with Crippen LogP contribution in [-0.2, 0) is 9.53 Å². The van der Waals surface area contributed by atoms with Crippen molar-refractivity contribution in [1.82, 2.24) is 9.97 Å². The average molecular weight is 312 g/mol. The molecule has 0 aliphatic heterocycles. The first kappa shape index (κ1) is 15.5. The van der Waals surface area contributed by atoms with Gasteiger partial charge in [-0.2, -0.15) is 4.98 Å². The lowest BCUT2D eigenvalue weighted by molar-refractivity contribution is -0.388. The normalized spacial score (nSPS) is 15.3. The number of esters is 1. The van der Waals surface area contributed by atoms with Crippen LogP contribution in [0, 0.1) is 15.5 Å². The highest BCUT2D eigenvalue weighted by atomic mass is 32.2. The van der Waals surface area contributed by atoms with E-state index in [-0.39, 0.29) is 17.1 Å². The summed E-state index contributed by atoms with van der Waals surface area (Å²) in [6, 6.07) is 0. The summed E-state index contributed by atoms with van der Waals surface area (Å²) < 4.78 is 4.68. The summed E-state index contributed by atoms with van der Waals surface area (Å²) in [5.41, 5.74) is -0.232. The Kier molecular flexibility index (Phi) is 4.61. The van der Waals surface area contributed by atoms with E-state index in [1.54, 1.807) is 7.05 Å². The molecule has 0 amide bonds. The first-order chi connectivity index (χ1) is 9.99. The molecule has 21 heavy (non-hydrogen) atoms. The molecule has 0 atom stereocenters. The van der Waals surface area contributed by atoms with Crippen LogP contribution < -0.4 is 5.32 Å². The van der Waals surface area contributed by atoms with E-state index in [2.05, 4.69) is 20.0 Å². The van der Waals surface area contributed by atoms with Crippen molar-refractivity contribution in [2.45, 2.75) is 24.3 Å². The maximum atomic E-state index is 11.4. The minimum Gasteiger partial charge on any atom is -0.469 e. The van der Waals surface area contributed by atoms with Crippen molar-refractivity contribution in [3.8, 4) is 0 Å². The fourth-order valence-corrected chi connectivity index (χ4v) is 3.12. The zero-order valence-electron chi connectivity index (χ0n) is 11.8. The number of ether oxygens (including phenoxy) is 1. The molecule has 1 fully saturated rings. The highest BCUT2D eigenvalue weighted by Gasteiger charge is 2.45. The third kappa shape index (κ3) is 3.81. The minimum atomic E-state index is -0.498. The van der Waals surface area contributed by atoms with Crippen molar-refractivity contribution in [2.75, 3.05) is 25.2 Å². The highest BCUT2D eigenvalue weighted by Crippen LogP contribution is 2.52. The van der Waals surface area contributed by atoms with Gasteiger partial charge in [0.05, 0.1) is 18.5 Å².